The van der Waals surface area contributed by atoms with E-state index in [1.165, 1.54) is 6.07 Å². The van der Waals surface area contributed by atoms with Gasteiger partial charge in [-0.3, -0.25) is 4.55 Å². The van der Waals surface area contributed by atoms with Crippen LogP contribution in [0.2, 0.25) is 0 Å². The van der Waals surface area contributed by atoms with Gasteiger partial charge in [0.2, 0.25) is 0 Å². The molecule has 1 N–H and O–H groups in total. The number of ether oxygens (including phenoxy) is 2. The summed E-state index contributed by atoms with van der Waals surface area (Å²) in [7, 11) is -4.26. The molecule has 0 fully saturated rings. The molecule has 2 aromatic carbocycles. The number of hydrogen-bond donors (Lipinski definition) is 1. The molecule has 2 aromatic rings. The van der Waals surface area contributed by atoms with Gasteiger partial charge in [0.15, 0.2) is 0 Å². The summed E-state index contributed by atoms with van der Waals surface area (Å²) >= 11 is 2.23. The van der Waals surface area contributed by atoms with Crippen molar-refractivity contribution >= 4 is 32.7 Å². The zero-order valence-corrected chi connectivity index (χ0v) is 17.3. The number of benzene rings is 2. The Hall–Kier alpha value is -1.32. The van der Waals surface area contributed by atoms with Gasteiger partial charge in [-0.1, -0.05) is 13.8 Å². The molecule has 0 aromatic heterocycles. The molecule has 0 radical (unpaired) electrons. The Morgan fingerprint density at radius 2 is 1.68 bits per heavy atom. The lowest BCUT2D eigenvalue weighted by Gasteiger charge is -2.16. The van der Waals surface area contributed by atoms with Crippen LogP contribution in [-0.4, -0.2) is 26.2 Å². The smallest absolute Gasteiger partial charge is 0.294 e. The molecule has 7 heteroatoms. The minimum absolute atomic E-state index is 0.0667. The lowest BCUT2D eigenvalue weighted by molar-refractivity contribution is 0.216. The van der Waals surface area contributed by atoms with Gasteiger partial charge < -0.3 is 9.47 Å². The van der Waals surface area contributed by atoms with Crippen molar-refractivity contribution in [2.45, 2.75) is 31.6 Å². The summed E-state index contributed by atoms with van der Waals surface area (Å²) in [6.45, 7) is 6.17. The summed E-state index contributed by atoms with van der Waals surface area (Å²) in [5, 5.41) is 0. The van der Waals surface area contributed by atoms with Crippen LogP contribution in [0.1, 0.15) is 30.9 Å². The van der Waals surface area contributed by atoms with E-state index in [9.17, 15) is 13.0 Å². The van der Waals surface area contributed by atoms with Crippen LogP contribution in [-0.2, 0) is 10.1 Å². The molecule has 0 unspecified atom stereocenters. The molecule has 0 aliphatic heterocycles. The van der Waals surface area contributed by atoms with E-state index in [4.69, 9.17) is 9.47 Å². The molecule has 0 aliphatic carbocycles. The van der Waals surface area contributed by atoms with E-state index >= 15 is 0 Å². The molecule has 0 atom stereocenters. The summed E-state index contributed by atoms with van der Waals surface area (Å²) in [6.07, 6.45) is 0. The predicted molar refractivity (Wildman–Crippen MR) is 105 cm³/mol. The van der Waals surface area contributed by atoms with Crippen molar-refractivity contribution in [2.75, 3.05) is 13.2 Å². The van der Waals surface area contributed by atoms with E-state index < -0.39 is 10.1 Å². The van der Waals surface area contributed by atoms with Crippen molar-refractivity contribution in [3.63, 3.8) is 0 Å². The van der Waals surface area contributed by atoms with E-state index in [0.717, 1.165) is 9.32 Å². The van der Waals surface area contributed by atoms with Crippen molar-refractivity contribution in [1.29, 1.82) is 0 Å². The van der Waals surface area contributed by atoms with Crippen LogP contribution in [0.5, 0.6) is 11.5 Å². The number of aryl methyl sites for hydroxylation is 1. The molecule has 25 heavy (non-hydrogen) atoms. The monoisotopic (exact) mass is 476 g/mol. The second-order valence-electron chi connectivity index (χ2n) is 5.94. The van der Waals surface area contributed by atoms with Crippen molar-refractivity contribution < 1.29 is 22.4 Å². The Morgan fingerprint density at radius 3 is 2.24 bits per heavy atom. The van der Waals surface area contributed by atoms with Gasteiger partial charge in [0.1, 0.15) is 24.7 Å². The van der Waals surface area contributed by atoms with E-state index in [1.54, 1.807) is 13.0 Å². The SMILES string of the molecule is Cc1cc(S(=O)(=O)O)c(C(C)C)cc1OCCOc1ccc(I)cc1. The highest BCUT2D eigenvalue weighted by molar-refractivity contribution is 14.1. The maximum absolute atomic E-state index is 11.6. The fourth-order valence-corrected chi connectivity index (χ4v) is 3.63. The summed E-state index contributed by atoms with van der Waals surface area (Å²) in [4.78, 5) is -0.0671. The molecule has 0 amide bonds. The zero-order chi connectivity index (χ0) is 18.6. The van der Waals surface area contributed by atoms with Crippen molar-refractivity contribution in [3.05, 3.63) is 51.1 Å². The molecule has 0 spiro atoms. The third-order valence-corrected chi connectivity index (χ3v) is 5.26. The highest BCUT2D eigenvalue weighted by Crippen LogP contribution is 2.31. The van der Waals surface area contributed by atoms with E-state index in [0.29, 0.717) is 30.1 Å². The van der Waals surface area contributed by atoms with Crippen LogP contribution >= 0.6 is 22.6 Å². The van der Waals surface area contributed by atoms with Gasteiger partial charge in [-0.05, 0) is 83.0 Å². The molecule has 5 nitrogen and oxygen atoms in total. The molecular formula is C18H21IO5S. The first-order valence-corrected chi connectivity index (χ1v) is 10.3. The van der Waals surface area contributed by atoms with Crippen molar-refractivity contribution in [2.24, 2.45) is 0 Å². The Bertz CT molecular complexity index is 829. The number of halogens is 1. The summed E-state index contributed by atoms with van der Waals surface area (Å²) in [5.41, 5.74) is 1.17. The molecule has 0 saturated heterocycles. The third kappa shape index (κ3) is 5.58. The van der Waals surface area contributed by atoms with Gasteiger partial charge in [-0.25, -0.2) is 0 Å². The summed E-state index contributed by atoms with van der Waals surface area (Å²) in [6, 6.07) is 10.8. The van der Waals surface area contributed by atoms with Crippen LogP contribution in [0.3, 0.4) is 0 Å². The maximum atomic E-state index is 11.6. The van der Waals surface area contributed by atoms with Gasteiger partial charge in [-0.2, -0.15) is 8.42 Å². The fourth-order valence-electron chi connectivity index (χ4n) is 2.35. The van der Waals surface area contributed by atoms with Crippen molar-refractivity contribution in [3.8, 4) is 11.5 Å². The second-order valence-corrected chi connectivity index (χ2v) is 8.57. The highest BCUT2D eigenvalue weighted by atomic mass is 127. The molecule has 0 bridgehead atoms. The maximum Gasteiger partial charge on any atom is 0.294 e. The third-order valence-electron chi connectivity index (χ3n) is 3.63. The minimum Gasteiger partial charge on any atom is -0.490 e. The molecule has 2 rings (SSSR count). The van der Waals surface area contributed by atoms with Gasteiger partial charge >= 0.3 is 0 Å². The topological polar surface area (TPSA) is 72.8 Å². The van der Waals surface area contributed by atoms with E-state index in [-0.39, 0.29) is 10.8 Å². The average Bonchev–Trinajstić information content (AvgIpc) is 2.53. The molecule has 0 saturated carbocycles. The van der Waals surface area contributed by atoms with Gasteiger partial charge in [0.05, 0.1) is 4.90 Å². The Balaban J connectivity index is 2.06. The minimum atomic E-state index is -4.26. The fraction of sp³-hybridized carbons (Fsp3) is 0.333. The summed E-state index contributed by atoms with van der Waals surface area (Å²) < 4.78 is 45.0. The van der Waals surface area contributed by atoms with Gasteiger partial charge in [0, 0.05) is 3.57 Å². The lowest BCUT2D eigenvalue weighted by Crippen LogP contribution is -2.11. The molecular weight excluding hydrogens is 455 g/mol. The molecule has 136 valence electrons. The Kier molecular flexibility index (Phi) is 6.70. The Labute approximate surface area is 162 Å². The van der Waals surface area contributed by atoms with Crippen LogP contribution in [0.25, 0.3) is 0 Å². The van der Waals surface area contributed by atoms with E-state index in [2.05, 4.69) is 22.6 Å². The van der Waals surface area contributed by atoms with Crippen LogP contribution in [0.15, 0.2) is 41.3 Å². The average molecular weight is 476 g/mol. The standard InChI is InChI=1S/C18H21IO5S/c1-12(2)16-11-17(13(3)10-18(16)25(20,21)22)24-9-8-23-15-6-4-14(19)5-7-15/h4-7,10-12H,8-9H2,1-3H3,(H,20,21,22). The number of rotatable bonds is 7. The Morgan fingerprint density at radius 1 is 1.08 bits per heavy atom. The van der Waals surface area contributed by atoms with Crippen LogP contribution in [0, 0.1) is 10.5 Å². The van der Waals surface area contributed by atoms with Gasteiger partial charge in [0.25, 0.3) is 10.1 Å². The quantitative estimate of drug-likeness (QED) is 0.364. The van der Waals surface area contributed by atoms with Crippen molar-refractivity contribution in [1.82, 2.24) is 0 Å². The van der Waals surface area contributed by atoms with Gasteiger partial charge in [-0.15, -0.1) is 0 Å². The highest BCUT2D eigenvalue weighted by Gasteiger charge is 2.20. The normalized spacial score (nSPS) is 11.6. The summed E-state index contributed by atoms with van der Waals surface area (Å²) in [5.74, 6) is 1.29. The first-order valence-electron chi connectivity index (χ1n) is 7.81. The second kappa shape index (κ2) is 8.37. The first kappa shape index (κ1) is 20.0. The van der Waals surface area contributed by atoms with E-state index in [1.807, 2.05) is 38.1 Å². The molecule has 0 heterocycles. The van der Waals surface area contributed by atoms with Crippen LogP contribution < -0.4 is 9.47 Å². The number of hydrogen-bond acceptors (Lipinski definition) is 4. The zero-order valence-electron chi connectivity index (χ0n) is 14.3. The largest absolute Gasteiger partial charge is 0.490 e. The first-order chi connectivity index (χ1) is 11.7. The molecule has 0 aliphatic rings. The van der Waals surface area contributed by atoms with Crippen LogP contribution in [0.4, 0.5) is 0 Å². The lowest BCUT2D eigenvalue weighted by atomic mass is 10.0. The predicted octanol–water partition coefficient (Wildman–Crippen LogP) is 4.43.